The van der Waals surface area contributed by atoms with Gasteiger partial charge >= 0.3 is 5.97 Å². The fourth-order valence-electron chi connectivity index (χ4n) is 2.50. The lowest BCUT2D eigenvalue weighted by molar-refractivity contribution is -0.145. The van der Waals surface area contributed by atoms with Gasteiger partial charge < -0.3 is 36.6 Å². The summed E-state index contributed by atoms with van der Waals surface area (Å²) in [6.45, 7) is -1.14. The van der Waals surface area contributed by atoms with Crippen LogP contribution in [0.3, 0.4) is 0 Å². The number of thiol groups is 1. The van der Waals surface area contributed by atoms with Crippen molar-refractivity contribution >= 4 is 36.3 Å². The van der Waals surface area contributed by atoms with E-state index in [1.54, 1.807) is 0 Å². The maximum Gasteiger partial charge on any atom is 0.327 e. The number of amides is 3. The van der Waals surface area contributed by atoms with Gasteiger partial charge in [0.1, 0.15) is 24.2 Å². The number of aliphatic hydroxyl groups is 2. The van der Waals surface area contributed by atoms with Crippen LogP contribution < -0.4 is 16.4 Å². The number of aliphatic carboxylic acids is 1. The standard InChI is InChI=1S/C14H24N4O7S/c15-7(4-19)11(21)16-8(5-20)13(23)18-3-1-2-10(18)12(22)17-9(6-26)14(24)25/h7-10,19-20,26H,1-6,15H2,(H,16,21)(H,17,22)(H,24,25). The summed E-state index contributed by atoms with van der Waals surface area (Å²) in [5.74, 6) is -3.52. The van der Waals surface area contributed by atoms with Crippen LogP contribution in [0, 0.1) is 0 Å². The highest BCUT2D eigenvalue weighted by Gasteiger charge is 2.38. The van der Waals surface area contributed by atoms with Crippen molar-refractivity contribution in [2.24, 2.45) is 5.73 Å². The predicted octanol–water partition coefficient (Wildman–Crippen LogP) is -3.73. The van der Waals surface area contributed by atoms with E-state index in [0.717, 1.165) is 0 Å². The molecule has 0 aromatic carbocycles. The Hall–Kier alpha value is -1.89. The quantitative estimate of drug-likeness (QED) is 0.195. The Kier molecular flexibility index (Phi) is 8.78. The van der Waals surface area contributed by atoms with Crippen molar-refractivity contribution in [2.75, 3.05) is 25.5 Å². The number of carbonyl (C=O) groups is 4. The smallest absolute Gasteiger partial charge is 0.327 e. The Morgan fingerprint density at radius 1 is 1.15 bits per heavy atom. The number of carbonyl (C=O) groups excluding carboxylic acids is 3. The Morgan fingerprint density at radius 3 is 2.31 bits per heavy atom. The Bertz CT molecular complexity index is 547. The van der Waals surface area contributed by atoms with Crippen molar-refractivity contribution in [3.05, 3.63) is 0 Å². The first-order chi connectivity index (χ1) is 12.3. The van der Waals surface area contributed by atoms with Gasteiger partial charge in [0.15, 0.2) is 0 Å². The van der Waals surface area contributed by atoms with E-state index in [4.69, 9.17) is 15.9 Å². The largest absolute Gasteiger partial charge is 0.480 e. The predicted molar refractivity (Wildman–Crippen MR) is 92.2 cm³/mol. The first-order valence-electron chi connectivity index (χ1n) is 7.99. The first-order valence-corrected chi connectivity index (χ1v) is 8.62. The van der Waals surface area contributed by atoms with Crippen molar-refractivity contribution < 1.29 is 34.5 Å². The fraction of sp³-hybridized carbons (Fsp3) is 0.714. The van der Waals surface area contributed by atoms with E-state index in [0.29, 0.717) is 12.8 Å². The number of likely N-dealkylation sites (tertiary alicyclic amines) is 1. The average Bonchev–Trinajstić information content (AvgIpc) is 3.11. The Labute approximate surface area is 155 Å². The van der Waals surface area contributed by atoms with Crippen LogP contribution in [0.4, 0.5) is 0 Å². The molecule has 4 unspecified atom stereocenters. The van der Waals surface area contributed by atoms with Crippen LogP contribution in [-0.4, -0.2) is 93.6 Å². The summed E-state index contributed by atoms with van der Waals surface area (Å²) >= 11 is 3.86. The van der Waals surface area contributed by atoms with Gasteiger partial charge in [-0.25, -0.2) is 4.79 Å². The zero-order valence-electron chi connectivity index (χ0n) is 14.0. The fourth-order valence-corrected chi connectivity index (χ4v) is 2.75. The lowest BCUT2D eigenvalue weighted by atomic mass is 10.1. The number of aliphatic hydroxyl groups excluding tert-OH is 2. The molecular weight excluding hydrogens is 368 g/mol. The summed E-state index contributed by atoms with van der Waals surface area (Å²) in [5, 5.41) is 31.8. The van der Waals surface area contributed by atoms with Gasteiger partial charge in [-0.05, 0) is 12.8 Å². The van der Waals surface area contributed by atoms with Gasteiger partial charge in [-0.2, -0.15) is 12.6 Å². The third kappa shape index (κ3) is 5.56. The molecule has 12 heteroatoms. The number of rotatable bonds is 9. The molecule has 0 radical (unpaired) electrons. The topological polar surface area (TPSA) is 182 Å². The molecule has 0 spiro atoms. The number of nitrogens with zero attached hydrogens (tertiary/aromatic N) is 1. The Balaban J connectivity index is 2.80. The van der Waals surface area contributed by atoms with Gasteiger partial charge in [0, 0.05) is 12.3 Å². The van der Waals surface area contributed by atoms with E-state index in [9.17, 15) is 24.3 Å². The molecule has 0 aliphatic carbocycles. The first kappa shape index (κ1) is 22.2. The summed E-state index contributed by atoms with van der Waals surface area (Å²) in [6.07, 6.45) is 0.823. The molecule has 0 bridgehead atoms. The zero-order valence-corrected chi connectivity index (χ0v) is 14.9. The molecule has 7 N–H and O–H groups in total. The molecule has 1 fully saturated rings. The van der Waals surface area contributed by atoms with Crippen LogP contribution >= 0.6 is 12.6 Å². The minimum Gasteiger partial charge on any atom is -0.480 e. The average molecular weight is 392 g/mol. The molecule has 26 heavy (non-hydrogen) atoms. The summed E-state index contributed by atoms with van der Waals surface area (Å²) in [7, 11) is 0. The van der Waals surface area contributed by atoms with Crippen molar-refractivity contribution in [1.29, 1.82) is 0 Å². The SMILES string of the molecule is NC(CO)C(=O)NC(CO)C(=O)N1CCCC1C(=O)NC(CS)C(=O)O. The van der Waals surface area contributed by atoms with Crippen LogP contribution in [0.2, 0.25) is 0 Å². The molecule has 1 aliphatic rings. The third-order valence-electron chi connectivity index (χ3n) is 3.97. The van der Waals surface area contributed by atoms with Gasteiger partial charge in [0.2, 0.25) is 17.7 Å². The van der Waals surface area contributed by atoms with Gasteiger partial charge in [0.25, 0.3) is 0 Å². The van der Waals surface area contributed by atoms with E-state index in [2.05, 4.69) is 23.3 Å². The second-order valence-corrected chi connectivity index (χ2v) is 6.17. The van der Waals surface area contributed by atoms with E-state index in [-0.39, 0.29) is 12.3 Å². The number of hydrogen-bond acceptors (Lipinski definition) is 8. The molecule has 1 aliphatic heterocycles. The van der Waals surface area contributed by atoms with Crippen molar-refractivity contribution in [1.82, 2.24) is 15.5 Å². The lowest BCUT2D eigenvalue weighted by Gasteiger charge is -2.29. The van der Waals surface area contributed by atoms with E-state index in [1.165, 1.54) is 4.90 Å². The molecule has 1 heterocycles. The molecule has 0 saturated carbocycles. The minimum atomic E-state index is -1.33. The normalized spacial score (nSPS) is 20.2. The number of hydrogen-bond donors (Lipinski definition) is 7. The van der Waals surface area contributed by atoms with Gasteiger partial charge in [0.05, 0.1) is 13.2 Å². The third-order valence-corrected chi connectivity index (χ3v) is 4.33. The molecule has 1 rings (SSSR count). The van der Waals surface area contributed by atoms with Crippen LogP contribution in [-0.2, 0) is 19.2 Å². The maximum atomic E-state index is 12.6. The highest BCUT2D eigenvalue weighted by Crippen LogP contribution is 2.19. The summed E-state index contributed by atoms with van der Waals surface area (Å²) in [6, 6.07) is -4.68. The van der Waals surface area contributed by atoms with Crippen LogP contribution in [0.5, 0.6) is 0 Å². The van der Waals surface area contributed by atoms with Crippen LogP contribution in [0.25, 0.3) is 0 Å². The Morgan fingerprint density at radius 2 is 1.81 bits per heavy atom. The van der Waals surface area contributed by atoms with Crippen LogP contribution in [0.1, 0.15) is 12.8 Å². The molecule has 0 aromatic rings. The van der Waals surface area contributed by atoms with Gasteiger partial charge in [-0.1, -0.05) is 0 Å². The second-order valence-electron chi connectivity index (χ2n) is 5.80. The highest BCUT2D eigenvalue weighted by atomic mass is 32.1. The molecular formula is C14H24N4O7S. The maximum absolute atomic E-state index is 12.6. The lowest BCUT2D eigenvalue weighted by Crippen LogP contribution is -2.58. The van der Waals surface area contributed by atoms with Crippen molar-refractivity contribution in [3.8, 4) is 0 Å². The minimum absolute atomic E-state index is 0.115. The van der Waals surface area contributed by atoms with Crippen LogP contribution in [0.15, 0.2) is 0 Å². The number of carboxylic acids is 1. The summed E-state index contributed by atoms with van der Waals surface area (Å²) in [4.78, 5) is 48.8. The number of carboxylic acid groups (broad SMARTS) is 1. The zero-order chi connectivity index (χ0) is 19.9. The van der Waals surface area contributed by atoms with Gasteiger partial charge in [-0.3, -0.25) is 14.4 Å². The molecule has 4 atom stereocenters. The molecule has 1 saturated heterocycles. The number of nitrogens with one attached hydrogen (secondary N) is 2. The highest BCUT2D eigenvalue weighted by molar-refractivity contribution is 7.80. The molecule has 148 valence electrons. The van der Waals surface area contributed by atoms with Gasteiger partial charge in [-0.15, -0.1) is 0 Å². The monoisotopic (exact) mass is 392 g/mol. The molecule has 3 amide bonds. The summed E-state index contributed by atoms with van der Waals surface area (Å²) < 4.78 is 0. The van der Waals surface area contributed by atoms with E-state index < -0.39 is 61.1 Å². The van der Waals surface area contributed by atoms with E-state index in [1.807, 2.05) is 0 Å². The van der Waals surface area contributed by atoms with Crippen molar-refractivity contribution in [2.45, 2.75) is 37.0 Å². The molecule has 11 nitrogen and oxygen atoms in total. The summed E-state index contributed by atoms with van der Waals surface area (Å²) in [5.41, 5.74) is 5.35. The molecule has 0 aromatic heterocycles. The van der Waals surface area contributed by atoms with E-state index >= 15 is 0 Å². The number of nitrogens with two attached hydrogens (primary N) is 1. The second kappa shape index (κ2) is 10.3. The van der Waals surface area contributed by atoms with Crippen molar-refractivity contribution in [3.63, 3.8) is 0 Å².